The summed E-state index contributed by atoms with van der Waals surface area (Å²) in [6, 6.07) is 8.07. The number of piperazine rings is 1. The molecule has 1 aliphatic rings. The normalized spacial score (nSPS) is 24.1. The minimum atomic E-state index is -0.825. The topological polar surface area (TPSA) is 78.4 Å². The van der Waals surface area contributed by atoms with Crippen LogP contribution in [-0.4, -0.2) is 35.6 Å². The molecule has 2 atom stereocenters. The second-order valence-corrected chi connectivity index (χ2v) is 3.99. The molecular formula is C12H14N2O3. The van der Waals surface area contributed by atoms with Gasteiger partial charge in [-0.2, -0.15) is 0 Å². The average Bonchev–Trinajstić information content (AvgIpc) is 2.34. The minimum absolute atomic E-state index is 0.257. The zero-order chi connectivity index (χ0) is 12.3. The van der Waals surface area contributed by atoms with Gasteiger partial charge in [-0.1, -0.05) is 30.3 Å². The third kappa shape index (κ3) is 2.62. The van der Waals surface area contributed by atoms with Crippen molar-refractivity contribution in [3.05, 3.63) is 35.9 Å². The van der Waals surface area contributed by atoms with Crippen molar-refractivity contribution in [1.29, 1.82) is 0 Å². The van der Waals surface area contributed by atoms with Gasteiger partial charge in [0.1, 0.15) is 12.1 Å². The van der Waals surface area contributed by atoms with Gasteiger partial charge in [0.15, 0.2) is 0 Å². The lowest BCUT2D eigenvalue weighted by atomic mass is 10.0. The van der Waals surface area contributed by atoms with E-state index < -0.39 is 12.1 Å². The van der Waals surface area contributed by atoms with Gasteiger partial charge in [-0.05, 0) is 5.56 Å². The van der Waals surface area contributed by atoms with Crippen LogP contribution in [0.25, 0.3) is 0 Å². The zero-order valence-corrected chi connectivity index (χ0v) is 9.22. The van der Waals surface area contributed by atoms with Crippen molar-refractivity contribution in [1.82, 2.24) is 10.6 Å². The highest BCUT2D eigenvalue weighted by molar-refractivity contribution is 5.97. The SMILES string of the molecule is O=C1N[C@H](Cc2ccccc2)C(=O)N[C@@H]1CO. The number of benzene rings is 1. The molecule has 90 valence electrons. The number of nitrogens with one attached hydrogen (secondary N) is 2. The summed E-state index contributed by atoms with van der Waals surface area (Å²) in [4.78, 5) is 23.2. The lowest BCUT2D eigenvalue weighted by molar-refractivity contribution is -0.137. The van der Waals surface area contributed by atoms with Gasteiger partial charge in [0.05, 0.1) is 6.61 Å². The third-order valence-corrected chi connectivity index (χ3v) is 2.73. The summed E-state index contributed by atoms with van der Waals surface area (Å²) < 4.78 is 0. The van der Waals surface area contributed by atoms with Gasteiger partial charge in [0.2, 0.25) is 11.8 Å². The standard InChI is InChI=1S/C12H14N2O3/c15-7-10-12(17)13-9(11(16)14-10)6-8-4-2-1-3-5-8/h1-5,9-10,15H,6-7H2,(H,13,17)(H,14,16)/t9-,10-/m1/s1. The monoisotopic (exact) mass is 234 g/mol. The Morgan fingerprint density at radius 1 is 1.00 bits per heavy atom. The summed E-state index contributed by atoms with van der Waals surface area (Å²) in [5.41, 5.74) is 0.982. The van der Waals surface area contributed by atoms with Crippen molar-refractivity contribution in [2.45, 2.75) is 18.5 Å². The van der Waals surface area contributed by atoms with E-state index in [9.17, 15) is 9.59 Å². The Balaban J connectivity index is 2.03. The van der Waals surface area contributed by atoms with Gasteiger partial charge in [-0.3, -0.25) is 9.59 Å². The molecule has 3 N–H and O–H groups in total. The molecule has 0 unspecified atom stereocenters. The van der Waals surface area contributed by atoms with E-state index >= 15 is 0 Å². The van der Waals surface area contributed by atoms with Gasteiger partial charge in [0, 0.05) is 6.42 Å². The van der Waals surface area contributed by atoms with Crippen molar-refractivity contribution in [3.63, 3.8) is 0 Å². The highest BCUT2D eigenvalue weighted by Crippen LogP contribution is 2.06. The van der Waals surface area contributed by atoms with Crippen LogP contribution in [0.2, 0.25) is 0 Å². The van der Waals surface area contributed by atoms with Crippen molar-refractivity contribution < 1.29 is 14.7 Å². The maximum atomic E-state index is 11.7. The summed E-state index contributed by atoms with van der Waals surface area (Å²) in [7, 11) is 0. The highest BCUT2D eigenvalue weighted by Gasteiger charge is 2.32. The van der Waals surface area contributed by atoms with Crippen molar-refractivity contribution in [2.75, 3.05) is 6.61 Å². The summed E-state index contributed by atoms with van der Waals surface area (Å²) >= 11 is 0. The molecule has 1 saturated heterocycles. The lowest BCUT2D eigenvalue weighted by Gasteiger charge is -2.28. The Morgan fingerprint density at radius 3 is 2.24 bits per heavy atom. The van der Waals surface area contributed by atoms with Crippen LogP contribution in [0.3, 0.4) is 0 Å². The van der Waals surface area contributed by atoms with Crippen LogP contribution >= 0.6 is 0 Å². The Morgan fingerprint density at radius 2 is 1.59 bits per heavy atom. The first kappa shape index (κ1) is 11.6. The molecule has 1 heterocycles. The molecular weight excluding hydrogens is 220 g/mol. The number of carbonyl (C=O) groups excluding carboxylic acids is 2. The van der Waals surface area contributed by atoms with Gasteiger partial charge in [-0.25, -0.2) is 0 Å². The molecule has 1 aromatic carbocycles. The molecule has 0 aliphatic carbocycles. The zero-order valence-electron chi connectivity index (χ0n) is 9.22. The van der Waals surface area contributed by atoms with E-state index in [0.29, 0.717) is 6.42 Å². The van der Waals surface area contributed by atoms with Gasteiger partial charge < -0.3 is 15.7 Å². The fourth-order valence-electron chi connectivity index (χ4n) is 1.80. The molecule has 1 aliphatic heterocycles. The Hall–Kier alpha value is -1.88. The second-order valence-electron chi connectivity index (χ2n) is 3.99. The first-order chi connectivity index (χ1) is 8.20. The average molecular weight is 234 g/mol. The molecule has 5 heteroatoms. The van der Waals surface area contributed by atoms with E-state index in [1.807, 2.05) is 30.3 Å². The fourth-order valence-corrected chi connectivity index (χ4v) is 1.80. The van der Waals surface area contributed by atoms with Crippen LogP contribution in [0.15, 0.2) is 30.3 Å². The summed E-state index contributed by atoms with van der Waals surface area (Å²) in [5.74, 6) is -0.597. The third-order valence-electron chi connectivity index (χ3n) is 2.73. The number of aliphatic hydroxyl groups is 1. The Kier molecular flexibility index (Phi) is 3.39. The molecule has 2 amide bonds. The molecule has 0 radical (unpaired) electrons. The van der Waals surface area contributed by atoms with Crippen LogP contribution in [0.4, 0.5) is 0 Å². The molecule has 2 rings (SSSR count). The molecule has 5 nitrogen and oxygen atoms in total. The predicted molar refractivity (Wildman–Crippen MR) is 61.1 cm³/mol. The summed E-state index contributed by atoms with van der Waals surface area (Å²) in [6.07, 6.45) is 0.455. The lowest BCUT2D eigenvalue weighted by Crippen LogP contribution is -2.63. The van der Waals surface area contributed by atoms with Crippen LogP contribution in [0, 0.1) is 0 Å². The van der Waals surface area contributed by atoms with Gasteiger partial charge in [0.25, 0.3) is 0 Å². The predicted octanol–water partition coefficient (Wildman–Crippen LogP) is -0.795. The minimum Gasteiger partial charge on any atom is -0.394 e. The fraction of sp³-hybridized carbons (Fsp3) is 0.333. The number of hydrogen-bond acceptors (Lipinski definition) is 3. The first-order valence-corrected chi connectivity index (χ1v) is 5.46. The van der Waals surface area contributed by atoms with Crippen LogP contribution in [0.1, 0.15) is 5.56 Å². The molecule has 0 saturated carbocycles. The molecule has 1 fully saturated rings. The summed E-state index contributed by atoms with van der Waals surface area (Å²) in [5, 5.41) is 14.0. The van der Waals surface area contributed by atoms with E-state index in [4.69, 9.17) is 5.11 Å². The molecule has 0 bridgehead atoms. The highest BCUT2D eigenvalue weighted by atomic mass is 16.3. The largest absolute Gasteiger partial charge is 0.394 e. The van der Waals surface area contributed by atoms with E-state index in [1.165, 1.54) is 0 Å². The van der Waals surface area contributed by atoms with E-state index in [-0.39, 0.29) is 18.4 Å². The number of hydrogen-bond donors (Lipinski definition) is 3. The molecule has 17 heavy (non-hydrogen) atoms. The van der Waals surface area contributed by atoms with Crippen molar-refractivity contribution >= 4 is 11.8 Å². The Bertz CT molecular complexity index is 419. The maximum Gasteiger partial charge on any atom is 0.245 e. The van der Waals surface area contributed by atoms with Gasteiger partial charge >= 0.3 is 0 Å². The van der Waals surface area contributed by atoms with Crippen LogP contribution in [-0.2, 0) is 16.0 Å². The van der Waals surface area contributed by atoms with Crippen LogP contribution < -0.4 is 10.6 Å². The van der Waals surface area contributed by atoms with E-state index in [0.717, 1.165) is 5.56 Å². The number of aliphatic hydroxyl groups excluding tert-OH is 1. The Labute approximate surface area is 98.8 Å². The van der Waals surface area contributed by atoms with Crippen LogP contribution in [0.5, 0.6) is 0 Å². The maximum absolute atomic E-state index is 11.7. The quantitative estimate of drug-likeness (QED) is 0.641. The summed E-state index contributed by atoms with van der Waals surface area (Å²) in [6.45, 7) is -0.379. The van der Waals surface area contributed by atoms with Crippen molar-refractivity contribution in [2.24, 2.45) is 0 Å². The number of carbonyl (C=O) groups is 2. The second kappa shape index (κ2) is 4.97. The molecule has 0 aromatic heterocycles. The number of amides is 2. The van der Waals surface area contributed by atoms with E-state index in [1.54, 1.807) is 0 Å². The molecule has 1 aromatic rings. The number of rotatable bonds is 3. The van der Waals surface area contributed by atoms with Gasteiger partial charge in [-0.15, -0.1) is 0 Å². The smallest absolute Gasteiger partial charge is 0.245 e. The first-order valence-electron chi connectivity index (χ1n) is 5.46. The molecule has 0 spiro atoms. The van der Waals surface area contributed by atoms with E-state index in [2.05, 4.69) is 10.6 Å². The van der Waals surface area contributed by atoms with Crippen molar-refractivity contribution in [3.8, 4) is 0 Å².